The summed E-state index contributed by atoms with van der Waals surface area (Å²) in [4.78, 5) is 4.03. The molecule has 0 bridgehead atoms. The molecule has 1 saturated heterocycles. The maximum absolute atomic E-state index is 12.4. The molecule has 19 heavy (non-hydrogen) atoms. The molecule has 0 amide bonds. The molecular weight excluding hydrogens is 264 g/mol. The Labute approximate surface area is 114 Å². The third-order valence-corrected chi connectivity index (χ3v) is 4.96. The van der Waals surface area contributed by atoms with Gasteiger partial charge in [-0.25, -0.2) is 13.4 Å². The minimum absolute atomic E-state index is 0.0683. The van der Waals surface area contributed by atoms with Crippen LogP contribution in [-0.4, -0.2) is 41.4 Å². The van der Waals surface area contributed by atoms with Crippen molar-refractivity contribution in [3.63, 3.8) is 0 Å². The highest BCUT2D eigenvalue weighted by molar-refractivity contribution is 7.89. The van der Waals surface area contributed by atoms with E-state index in [1.807, 2.05) is 4.57 Å². The van der Waals surface area contributed by atoms with E-state index < -0.39 is 10.0 Å². The predicted molar refractivity (Wildman–Crippen MR) is 73.0 cm³/mol. The molecule has 1 atom stereocenters. The zero-order valence-electron chi connectivity index (χ0n) is 11.5. The second kappa shape index (κ2) is 5.60. The lowest BCUT2D eigenvalue weighted by atomic mass is 10.1. The van der Waals surface area contributed by atoms with Gasteiger partial charge in [-0.05, 0) is 18.8 Å². The maximum atomic E-state index is 12.4. The summed E-state index contributed by atoms with van der Waals surface area (Å²) in [6, 6.07) is -0.0683. The van der Waals surface area contributed by atoms with Crippen molar-refractivity contribution in [2.45, 2.75) is 44.3 Å². The summed E-state index contributed by atoms with van der Waals surface area (Å²) in [6.45, 7) is 5.85. The summed E-state index contributed by atoms with van der Waals surface area (Å²) in [5.74, 6) is 0.452. The summed E-state index contributed by atoms with van der Waals surface area (Å²) >= 11 is 0. The molecule has 7 heteroatoms. The van der Waals surface area contributed by atoms with E-state index in [4.69, 9.17) is 5.73 Å². The number of piperidine rings is 1. The highest BCUT2D eigenvalue weighted by Crippen LogP contribution is 2.19. The van der Waals surface area contributed by atoms with Crippen LogP contribution < -0.4 is 5.73 Å². The SMILES string of the molecule is CC(C)Cn1cnc(S(=O)(=O)N2CCCC(N)C2)c1. The minimum Gasteiger partial charge on any atom is -0.336 e. The molecule has 0 spiro atoms. The van der Waals surface area contributed by atoms with E-state index in [1.54, 1.807) is 12.5 Å². The first-order valence-electron chi connectivity index (χ1n) is 6.67. The van der Waals surface area contributed by atoms with Crippen LogP contribution in [0.1, 0.15) is 26.7 Å². The summed E-state index contributed by atoms with van der Waals surface area (Å²) in [6.07, 6.45) is 4.88. The van der Waals surface area contributed by atoms with Gasteiger partial charge in [0.2, 0.25) is 0 Å². The van der Waals surface area contributed by atoms with E-state index in [1.165, 1.54) is 4.31 Å². The van der Waals surface area contributed by atoms with Gasteiger partial charge in [0.25, 0.3) is 10.0 Å². The molecule has 1 unspecified atom stereocenters. The Hall–Kier alpha value is -0.920. The molecule has 108 valence electrons. The average Bonchev–Trinajstić information content (AvgIpc) is 2.77. The minimum atomic E-state index is -3.49. The van der Waals surface area contributed by atoms with Gasteiger partial charge in [0.15, 0.2) is 5.03 Å². The molecule has 1 aromatic rings. The van der Waals surface area contributed by atoms with E-state index in [2.05, 4.69) is 18.8 Å². The summed E-state index contributed by atoms with van der Waals surface area (Å²) < 4.78 is 28.1. The van der Waals surface area contributed by atoms with Crippen LogP contribution in [0.4, 0.5) is 0 Å². The molecule has 2 N–H and O–H groups in total. The Morgan fingerprint density at radius 2 is 2.26 bits per heavy atom. The van der Waals surface area contributed by atoms with Gasteiger partial charge in [-0.3, -0.25) is 0 Å². The number of imidazole rings is 1. The zero-order valence-corrected chi connectivity index (χ0v) is 12.3. The molecule has 2 rings (SSSR count). The number of sulfonamides is 1. The number of nitrogens with zero attached hydrogens (tertiary/aromatic N) is 3. The Balaban J connectivity index is 2.17. The molecule has 2 heterocycles. The lowest BCUT2D eigenvalue weighted by molar-refractivity contribution is 0.315. The van der Waals surface area contributed by atoms with E-state index in [0.717, 1.165) is 19.4 Å². The molecule has 0 saturated carbocycles. The zero-order chi connectivity index (χ0) is 14.0. The third kappa shape index (κ3) is 3.34. The van der Waals surface area contributed by atoms with Gasteiger partial charge in [-0.2, -0.15) is 4.31 Å². The molecular formula is C12H22N4O2S. The van der Waals surface area contributed by atoms with Gasteiger partial charge in [-0.15, -0.1) is 0 Å². The van der Waals surface area contributed by atoms with Crippen molar-refractivity contribution >= 4 is 10.0 Å². The number of hydrogen-bond acceptors (Lipinski definition) is 4. The Morgan fingerprint density at radius 1 is 1.53 bits per heavy atom. The number of nitrogens with two attached hydrogens (primary N) is 1. The van der Waals surface area contributed by atoms with Crippen LogP contribution in [0.3, 0.4) is 0 Å². The largest absolute Gasteiger partial charge is 0.336 e. The number of aromatic nitrogens is 2. The number of rotatable bonds is 4. The second-order valence-corrected chi connectivity index (χ2v) is 7.45. The molecule has 1 aromatic heterocycles. The molecule has 1 aliphatic heterocycles. The van der Waals surface area contributed by atoms with Crippen molar-refractivity contribution in [3.05, 3.63) is 12.5 Å². The highest BCUT2D eigenvalue weighted by Gasteiger charge is 2.30. The monoisotopic (exact) mass is 286 g/mol. The van der Waals surface area contributed by atoms with E-state index in [0.29, 0.717) is 19.0 Å². The first-order chi connectivity index (χ1) is 8.89. The van der Waals surface area contributed by atoms with Crippen LogP contribution in [-0.2, 0) is 16.6 Å². The third-order valence-electron chi connectivity index (χ3n) is 3.21. The molecule has 0 aromatic carbocycles. The van der Waals surface area contributed by atoms with Crippen LogP contribution in [0, 0.1) is 5.92 Å². The lowest BCUT2D eigenvalue weighted by Crippen LogP contribution is -2.45. The second-order valence-electron chi connectivity index (χ2n) is 5.57. The average molecular weight is 286 g/mol. The van der Waals surface area contributed by atoms with E-state index in [9.17, 15) is 8.42 Å². The lowest BCUT2D eigenvalue weighted by Gasteiger charge is -2.29. The van der Waals surface area contributed by atoms with Crippen molar-refractivity contribution in [1.82, 2.24) is 13.9 Å². The van der Waals surface area contributed by atoms with Gasteiger partial charge < -0.3 is 10.3 Å². The standard InChI is InChI=1S/C12H22N4O2S/c1-10(2)6-15-8-12(14-9-15)19(17,18)16-5-3-4-11(13)7-16/h8-11H,3-7,13H2,1-2H3. The van der Waals surface area contributed by atoms with Gasteiger partial charge >= 0.3 is 0 Å². The topological polar surface area (TPSA) is 81.2 Å². The van der Waals surface area contributed by atoms with Gasteiger partial charge in [0, 0.05) is 31.9 Å². The normalized spacial score (nSPS) is 22.0. The van der Waals surface area contributed by atoms with Crippen LogP contribution in [0.25, 0.3) is 0 Å². The van der Waals surface area contributed by atoms with E-state index >= 15 is 0 Å². The summed E-state index contributed by atoms with van der Waals surface area (Å²) in [5.41, 5.74) is 5.84. The van der Waals surface area contributed by atoms with Crippen molar-refractivity contribution < 1.29 is 8.42 Å². The highest BCUT2D eigenvalue weighted by atomic mass is 32.2. The first-order valence-corrected chi connectivity index (χ1v) is 8.11. The van der Waals surface area contributed by atoms with Crippen molar-refractivity contribution in [1.29, 1.82) is 0 Å². The molecule has 0 aliphatic carbocycles. The predicted octanol–water partition coefficient (Wildman–Crippen LogP) is 0.651. The molecule has 1 aliphatic rings. The van der Waals surface area contributed by atoms with Gasteiger partial charge in [0.1, 0.15) is 0 Å². The maximum Gasteiger partial charge on any atom is 0.262 e. The smallest absolute Gasteiger partial charge is 0.262 e. The summed E-state index contributed by atoms with van der Waals surface area (Å²) in [7, 11) is -3.49. The quantitative estimate of drug-likeness (QED) is 0.881. The fraction of sp³-hybridized carbons (Fsp3) is 0.750. The fourth-order valence-electron chi connectivity index (χ4n) is 2.32. The molecule has 1 fully saturated rings. The van der Waals surface area contributed by atoms with Crippen molar-refractivity contribution in [2.75, 3.05) is 13.1 Å². The first kappa shape index (κ1) is 14.5. The molecule has 0 radical (unpaired) electrons. The van der Waals surface area contributed by atoms with Crippen molar-refractivity contribution in [2.24, 2.45) is 11.7 Å². The molecule has 6 nitrogen and oxygen atoms in total. The van der Waals surface area contributed by atoms with Gasteiger partial charge in [0.05, 0.1) is 6.33 Å². The van der Waals surface area contributed by atoms with E-state index in [-0.39, 0.29) is 11.1 Å². The Kier molecular flexibility index (Phi) is 4.27. The van der Waals surface area contributed by atoms with Crippen LogP contribution in [0.5, 0.6) is 0 Å². The van der Waals surface area contributed by atoms with Crippen LogP contribution in [0.15, 0.2) is 17.6 Å². The summed E-state index contributed by atoms with van der Waals surface area (Å²) in [5, 5.41) is 0.127. The van der Waals surface area contributed by atoms with Crippen LogP contribution >= 0.6 is 0 Å². The number of hydrogen-bond donors (Lipinski definition) is 1. The van der Waals surface area contributed by atoms with Crippen molar-refractivity contribution in [3.8, 4) is 0 Å². The van der Waals surface area contributed by atoms with Crippen LogP contribution in [0.2, 0.25) is 0 Å². The Bertz CT molecular complexity index is 524. The fourth-order valence-corrected chi connectivity index (χ4v) is 3.79. The Morgan fingerprint density at radius 3 is 2.89 bits per heavy atom. The van der Waals surface area contributed by atoms with Gasteiger partial charge in [-0.1, -0.05) is 13.8 Å².